The molecule has 0 spiro atoms. The van der Waals surface area contributed by atoms with Crippen LogP contribution in [0.2, 0.25) is 0 Å². The number of likely N-dealkylation sites (N-methyl/N-ethyl adjacent to an activating group) is 1. The first-order chi connectivity index (χ1) is 5.63. The van der Waals surface area contributed by atoms with E-state index in [1.165, 1.54) is 6.42 Å². The molecule has 0 radical (unpaired) electrons. The summed E-state index contributed by atoms with van der Waals surface area (Å²) in [7, 11) is 2.07. The van der Waals surface area contributed by atoms with Crippen molar-refractivity contribution in [2.75, 3.05) is 13.6 Å². The summed E-state index contributed by atoms with van der Waals surface area (Å²) in [5.41, 5.74) is 0.947. The molecule has 0 saturated carbocycles. The van der Waals surface area contributed by atoms with E-state index in [9.17, 15) is 4.39 Å². The first-order valence-corrected chi connectivity index (χ1v) is 4.62. The minimum Gasteiger partial charge on any atom is -0.299 e. The molecule has 0 aromatic heterocycles. The van der Waals surface area contributed by atoms with Gasteiger partial charge in [-0.25, -0.2) is 4.39 Å². The molecule has 0 bridgehead atoms. The minimum absolute atomic E-state index is 0.562. The summed E-state index contributed by atoms with van der Waals surface area (Å²) in [6.45, 7) is 5.24. The second kappa shape index (κ2) is 4.04. The summed E-state index contributed by atoms with van der Waals surface area (Å²) in [5.74, 6) is 0.705. The van der Waals surface area contributed by atoms with Gasteiger partial charge >= 0.3 is 0 Å². The summed E-state index contributed by atoms with van der Waals surface area (Å²) in [4.78, 5) is 2.24. The summed E-state index contributed by atoms with van der Waals surface area (Å²) in [5, 5.41) is 0. The zero-order valence-corrected chi connectivity index (χ0v) is 8.18. The van der Waals surface area contributed by atoms with Crippen molar-refractivity contribution in [1.82, 2.24) is 4.90 Å². The lowest BCUT2D eigenvalue weighted by atomic mass is 10.0. The third-order valence-electron chi connectivity index (χ3n) is 2.47. The molecule has 1 atom stereocenters. The van der Waals surface area contributed by atoms with E-state index in [1.54, 1.807) is 0 Å². The van der Waals surface area contributed by atoms with Gasteiger partial charge in [0.25, 0.3) is 0 Å². The lowest BCUT2D eigenvalue weighted by Gasteiger charge is -2.20. The Morgan fingerprint density at radius 2 is 2.33 bits per heavy atom. The highest BCUT2D eigenvalue weighted by atomic mass is 19.1. The second-order valence-electron chi connectivity index (χ2n) is 4.17. The molecule has 1 heterocycles. The van der Waals surface area contributed by atoms with Crippen LogP contribution in [0.3, 0.4) is 0 Å². The highest BCUT2D eigenvalue weighted by Crippen LogP contribution is 2.25. The van der Waals surface area contributed by atoms with E-state index in [1.807, 2.05) is 0 Å². The molecule has 1 aliphatic heterocycles. The molecule has 0 aromatic carbocycles. The molecule has 2 heteroatoms. The Labute approximate surface area is 74.3 Å². The Kier molecular flexibility index (Phi) is 3.27. The number of nitrogens with zero attached hydrogens (tertiary/aromatic N) is 1. The van der Waals surface area contributed by atoms with Crippen LogP contribution in [0.25, 0.3) is 0 Å². The fourth-order valence-electron chi connectivity index (χ4n) is 1.86. The lowest BCUT2D eigenvalue weighted by molar-refractivity contribution is 0.273. The standard InChI is InChI=1S/C10H18FN/c1-8(2)4-10-5-9(6-11)7-12(10)3/h6,8,10H,4-5,7H2,1-3H3/b9-6-/t10-/m1/s1. The van der Waals surface area contributed by atoms with E-state index in [2.05, 4.69) is 25.8 Å². The average molecular weight is 171 g/mol. The van der Waals surface area contributed by atoms with Crippen LogP contribution >= 0.6 is 0 Å². The maximum absolute atomic E-state index is 12.2. The van der Waals surface area contributed by atoms with Crippen LogP contribution in [-0.4, -0.2) is 24.5 Å². The highest BCUT2D eigenvalue weighted by Gasteiger charge is 2.25. The van der Waals surface area contributed by atoms with Gasteiger partial charge in [0.15, 0.2) is 0 Å². The molecule has 0 aliphatic carbocycles. The normalized spacial score (nSPS) is 29.1. The van der Waals surface area contributed by atoms with Crippen LogP contribution in [0.15, 0.2) is 11.9 Å². The molecule has 1 fully saturated rings. The van der Waals surface area contributed by atoms with Gasteiger partial charge in [-0.15, -0.1) is 0 Å². The third kappa shape index (κ3) is 2.31. The van der Waals surface area contributed by atoms with E-state index in [4.69, 9.17) is 0 Å². The number of rotatable bonds is 2. The van der Waals surface area contributed by atoms with Crippen molar-refractivity contribution < 1.29 is 4.39 Å². The minimum atomic E-state index is 0.562. The molecule has 0 N–H and O–H groups in total. The Morgan fingerprint density at radius 3 is 2.75 bits per heavy atom. The van der Waals surface area contributed by atoms with Crippen LogP contribution < -0.4 is 0 Å². The summed E-state index contributed by atoms with van der Waals surface area (Å²) in [6.07, 6.45) is 2.87. The lowest BCUT2D eigenvalue weighted by Crippen LogP contribution is -2.26. The van der Waals surface area contributed by atoms with Crippen LogP contribution in [0, 0.1) is 5.92 Å². The molecule has 0 aromatic rings. The topological polar surface area (TPSA) is 3.24 Å². The SMILES string of the molecule is CC(C)C[C@@H]1C/C(=C/F)CN1C. The van der Waals surface area contributed by atoms with Gasteiger partial charge in [0.2, 0.25) is 0 Å². The van der Waals surface area contributed by atoms with Crippen molar-refractivity contribution in [3.8, 4) is 0 Å². The van der Waals surface area contributed by atoms with Gasteiger partial charge in [0.05, 0.1) is 6.33 Å². The first-order valence-electron chi connectivity index (χ1n) is 4.62. The fraction of sp³-hybridized carbons (Fsp3) is 0.800. The van der Waals surface area contributed by atoms with E-state index >= 15 is 0 Å². The Bertz CT molecular complexity index is 175. The third-order valence-corrected chi connectivity index (χ3v) is 2.47. The predicted molar refractivity (Wildman–Crippen MR) is 49.7 cm³/mol. The summed E-state index contributed by atoms with van der Waals surface area (Å²) >= 11 is 0. The van der Waals surface area contributed by atoms with Crippen LogP contribution in [-0.2, 0) is 0 Å². The molecular formula is C10H18FN. The highest BCUT2D eigenvalue weighted by molar-refractivity contribution is 5.09. The van der Waals surface area contributed by atoms with Gasteiger partial charge in [-0.05, 0) is 31.4 Å². The monoisotopic (exact) mass is 171 g/mol. The maximum atomic E-state index is 12.2. The smallest absolute Gasteiger partial charge is 0.0872 e. The Morgan fingerprint density at radius 1 is 1.67 bits per heavy atom. The maximum Gasteiger partial charge on any atom is 0.0872 e. The van der Waals surface area contributed by atoms with E-state index in [0.29, 0.717) is 12.0 Å². The Balaban J connectivity index is 2.46. The van der Waals surface area contributed by atoms with E-state index < -0.39 is 0 Å². The van der Waals surface area contributed by atoms with Crippen molar-refractivity contribution in [3.05, 3.63) is 11.9 Å². The van der Waals surface area contributed by atoms with Crippen molar-refractivity contribution in [2.45, 2.75) is 32.7 Å². The van der Waals surface area contributed by atoms with Gasteiger partial charge in [0.1, 0.15) is 0 Å². The number of hydrogen-bond donors (Lipinski definition) is 0. The Hall–Kier alpha value is -0.370. The van der Waals surface area contributed by atoms with Crippen LogP contribution in [0.1, 0.15) is 26.7 Å². The molecule has 1 rings (SSSR count). The molecule has 1 saturated heterocycles. The molecule has 1 nitrogen and oxygen atoms in total. The number of halogens is 1. The van der Waals surface area contributed by atoms with Crippen molar-refractivity contribution >= 4 is 0 Å². The molecular weight excluding hydrogens is 153 g/mol. The van der Waals surface area contributed by atoms with Gasteiger partial charge in [-0.1, -0.05) is 13.8 Å². The van der Waals surface area contributed by atoms with Crippen molar-refractivity contribution in [1.29, 1.82) is 0 Å². The average Bonchev–Trinajstić information content (AvgIpc) is 2.31. The second-order valence-corrected chi connectivity index (χ2v) is 4.17. The largest absolute Gasteiger partial charge is 0.299 e. The number of likely N-dealkylation sites (tertiary alicyclic amines) is 1. The molecule has 1 aliphatic rings. The van der Waals surface area contributed by atoms with Gasteiger partial charge in [-0.2, -0.15) is 0 Å². The van der Waals surface area contributed by atoms with E-state index in [-0.39, 0.29) is 0 Å². The summed E-state index contributed by atoms with van der Waals surface area (Å²) in [6, 6.07) is 0.562. The zero-order chi connectivity index (χ0) is 9.14. The zero-order valence-electron chi connectivity index (χ0n) is 8.18. The fourth-order valence-corrected chi connectivity index (χ4v) is 1.86. The quantitative estimate of drug-likeness (QED) is 0.617. The summed E-state index contributed by atoms with van der Waals surface area (Å²) < 4.78 is 12.2. The molecule has 0 amide bonds. The molecule has 70 valence electrons. The van der Waals surface area contributed by atoms with Gasteiger partial charge < -0.3 is 0 Å². The number of hydrogen-bond acceptors (Lipinski definition) is 1. The van der Waals surface area contributed by atoms with E-state index in [0.717, 1.165) is 24.9 Å². The first kappa shape index (κ1) is 9.72. The van der Waals surface area contributed by atoms with Crippen LogP contribution in [0.4, 0.5) is 4.39 Å². The molecule has 0 unspecified atom stereocenters. The molecule has 12 heavy (non-hydrogen) atoms. The van der Waals surface area contributed by atoms with Gasteiger partial charge in [0, 0.05) is 12.6 Å². The van der Waals surface area contributed by atoms with Gasteiger partial charge in [-0.3, -0.25) is 4.90 Å². The van der Waals surface area contributed by atoms with Crippen LogP contribution in [0.5, 0.6) is 0 Å². The van der Waals surface area contributed by atoms with Crippen molar-refractivity contribution in [2.24, 2.45) is 5.92 Å². The van der Waals surface area contributed by atoms with Crippen molar-refractivity contribution in [3.63, 3.8) is 0 Å². The predicted octanol–water partition coefficient (Wildman–Crippen LogP) is 2.59.